The molecule has 0 spiro atoms. The van der Waals surface area contributed by atoms with Gasteiger partial charge < -0.3 is 4.84 Å². The highest BCUT2D eigenvalue weighted by molar-refractivity contribution is 5.86. The molecule has 13 heavy (non-hydrogen) atoms. The fourth-order valence-electron chi connectivity index (χ4n) is 1.20. The Morgan fingerprint density at radius 3 is 3.08 bits per heavy atom. The zero-order valence-corrected chi connectivity index (χ0v) is 6.99. The zero-order valence-electron chi connectivity index (χ0n) is 6.99. The summed E-state index contributed by atoms with van der Waals surface area (Å²) < 4.78 is 0. The Morgan fingerprint density at radius 1 is 1.31 bits per heavy atom. The minimum atomic E-state index is -0.227. The van der Waals surface area contributed by atoms with Gasteiger partial charge in [0.15, 0.2) is 5.75 Å². The van der Waals surface area contributed by atoms with Crippen LogP contribution in [0.4, 0.5) is 0 Å². The minimum absolute atomic E-state index is 0.227. The van der Waals surface area contributed by atoms with E-state index in [9.17, 15) is 4.79 Å². The molecule has 66 valence electrons. The van der Waals surface area contributed by atoms with E-state index in [0.717, 1.165) is 12.0 Å². The molecule has 0 radical (unpaired) electrons. The van der Waals surface area contributed by atoms with Gasteiger partial charge in [-0.15, -0.1) is 0 Å². The van der Waals surface area contributed by atoms with Crippen molar-refractivity contribution in [2.24, 2.45) is 0 Å². The largest absolute Gasteiger partial charge is 0.379 e. The van der Waals surface area contributed by atoms with Crippen molar-refractivity contribution in [3.63, 3.8) is 0 Å². The van der Waals surface area contributed by atoms with E-state index in [-0.39, 0.29) is 5.91 Å². The standard InChI is InChI=1S/C10H9NO2/c12-10-7-3-5-8-4-1-2-6-9(8)13-11-10/h1-4,6-7H,5H2,(H,11,12). The van der Waals surface area contributed by atoms with E-state index in [4.69, 9.17) is 4.84 Å². The Bertz CT molecular complexity index is 358. The van der Waals surface area contributed by atoms with Gasteiger partial charge in [-0.05, 0) is 12.5 Å². The molecular weight excluding hydrogens is 166 g/mol. The van der Waals surface area contributed by atoms with Crippen molar-refractivity contribution in [2.45, 2.75) is 6.42 Å². The molecule has 2 rings (SSSR count). The Hall–Kier alpha value is -1.77. The summed E-state index contributed by atoms with van der Waals surface area (Å²) in [7, 11) is 0. The molecule has 0 saturated carbocycles. The first-order valence-corrected chi connectivity index (χ1v) is 4.07. The molecule has 0 fully saturated rings. The molecule has 0 atom stereocenters. The lowest BCUT2D eigenvalue weighted by atomic mass is 10.1. The third kappa shape index (κ3) is 1.69. The molecule has 1 aliphatic heterocycles. The minimum Gasteiger partial charge on any atom is -0.379 e. The summed E-state index contributed by atoms with van der Waals surface area (Å²) in [5.41, 5.74) is 3.38. The zero-order chi connectivity index (χ0) is 9.10. The molecule has 1 amide bonds. The molecule has 3 nitrogen and oxygen atoms in total. The second-order valence-electron chi connectivity index (χ2n) is 2.78. The number of hydrogen-bond donors (Lipinski definition) is 1. The van der Waals surface area contributed by atoms with Crippen molar-refractivity contribution in [1.82, 2.24) is 5.48 Å². The predicted molar refractivity (Wildman–Crippen MR) is 48.1 cm³/mol. The Kier molecular flexibility index (Phi) is 2.00. The van der Waals surface area contributed by atoms with Crippen LogP contribution in [-0.2, 0) is 11.2 Å². The lowest BCUT2D eigenvalue weighted by Gasteiger charge is -2.11. The number of allylic oxidation sites excluding steroid dienone is 1. The number of hydroxylamine groups is 1. The molecule has 0 aliphatic carbocycles. The van der Waals surface area contributed by atoms with Crippen LogP contribution in [0.3, 0.4) is 0 Å². The molecule has 1 aromatic carbocycles. The van der Waals surface area contributed by atoms with E-state index in [1.807, 2.05) is 30.3 Å². The first-order chi connectivity index (χ1) is 6.36. The quantitative estimate of drug-likeness (QED) is 0.643. The molecule has 0 aromatic heterocycles. The second kappa shape index (κ2) is 3.31. The van der Waals surface area contributed by atoms with E-state index >= 15 is 0 Å². The van der Waals surface area contributed by atoms with Crippen molar-refractivity contribution >= 4 is 5.91 Å². The Labute approximate surface area is 76.0 Å². The van der Waals surface area contributed by atoms with Crippen molar-refractivity contribution in [1.29, 1.82) is 0 Å². The third-order valence-corrected chi connectivity index (χ3v) is 1.84. The molecule has 0 unspecified atom stereocenters. The number of amides is 1. The maximum Gasteiger partial charge on any atom is 0.276 e. The molecule has 1 N–H and O–H groups in total. The topological polar surface area (TPSA) is 38.3 Å². The monoisotopic (exact) mass is 175 g/mol. The molecular formula is C10H9NO2. The SMILES string of the molecule is O=C1C=CCc2ccccc2ON1. The van der Waals surface area contributed by atoms with E-state index < -0.39 is 0 Å². The summed E-state index contributed by atoms with van der Waals surface area (Å²) in [6, 6.07) is 7.61. The second-order valence-corrected chi connectivity index (χ2v) is 2.78. The van der Waals surface area contributed by atoms with Crippen LogP contribution < -0.4 is 10.3 Å². The van der Waals surface area contributed by atoms with Crippen LogP contribution >= 0.6 is 0 Å². The molecule has 3 heteroatoms. The number of nitrogens with one attached hydrogen (secondary N) is 1. The average molecular weight is 175 g/mol. The van der Waals surface area contributed by atoms with Crippen LogP contribution in [0.1, 0.15) is 5.56 Å². The van der Waals surface area contributed by atoms with Crippen LogP contribution in [-0.4, -0.2) is 5.91 Å². The summed E-state index contributed by atoms with van der Waals surface area (Å²) in [5.74, 6) is 0.481. The van der Waals surface area contributed by atoms with Gasteiger partial charge in [-0.25, -0.2) is 0 Å². The van der Waals surface area contributed by atoms with Crippen molar-refractivity contribution in [3.8, 4) is 5.75 Å². The summed E-state index contributed by atoms with van der Waals surface area (Å²) >= 11 is 0. The first-order valence-electron chi connectivity index (χ1n) is 4.07. The van der Waals surface area contributed by atoms with Crippen LogP contribution in [0.25, 0.3) is 0 Å². The lowest BCUT2D eigenvalue weighted by Crippen LogP contribution is -2.26. The molecule has 0 saturated heterocycles. The Balaban J connectivity index is 2.33. The third-order valence-electron chi connectivity index (χ3n) is 1.84. The maximum absolute atomic E-state index is 10.9. The number of para-hydroxylation sites is 1. The summed E-state index contributed by atoms with van der Waals surface area (Å²) in [6.45, 7) is 0. The first kappa shape index (κ1) is 7.86. The molecule has 1 heterocycles. The van der Waals surface area contributed by atoms with Crippen LogP contribution in [0.5, 0.6) is 5.75 Å². The van der Waals surface area contributed by atoms with Gasteiger partial charge >= 0.3 is 0 Å². The van der Waals surface area contributed by atoms with Gasteiger partial charge in [-0.2, -0.15) is 5.48 Å². The van der Waals surface area contributed by atoms with Crippen LogP contribution in [0.2, 0.25) is 0 Å². The molecule has 0 bridgehead atoms. The van der Waals surface area contributed by atoms with E-state index in [1.54, 1.807) is 0 Å². The van der Waals surface area contributed by atoms with Gasteiger partial charge in [0.1, 0.15) is 0 Å². The predicted octanol–water partition coefficient (Wildman–Crippen LogP) is 1.21. The number of benzene rings is 1. The van der Waals surface area contributed by atoms with Crippen molar-refractivity contribution < 1.29 is 9.63 Å². The van der Waals surface area contributed by atoms with Crippen LogP contribution in [0.15, 0.2) is 36.4 Å². The number of hydrogen-bond acceptors (Lipinski definition) is 2. The number of carbonyl (C=O) groups is 1. The van der Waals surface area contributed by atoms with Gasteiger partial charge in [0.25, 0.3) is 5.91 Å². The lowest BCUT2D eigenvalue weighted by molar-refractivity contribution is -0.122. The molecule has 1 aliphatic rings. The summed E-state index contributed by atoms with van der Waals surface area (Å²) in [5, 5.41) is 0. The van der Waals surface area contributed by atoms with E-state index in [0.29, 0.717) is 5.75 Å². The van der Waals surface area contributed by atoms with E-state index in [1.165, 1.54) is 6.08 Å². The average Bonchev–Trinajstić information content (AvgIpc) is 2.13. The highest BCUT2D eigenvalue weighted by Gasteiger charge is 2.05. The van der Waals surface area contributed by atoms with Gasteiger partial charge in [-0.1, -0.05) is 24.3 Å². The number of carbonyl (C=O) groups excluding carboxylic acids is 1. The summed E-state index contributed by atoms with van der Waals surface area (Å²) in [6.07, 6.45) is 4.01. The van der Waals surface area contributed by atoms with Crippen molar-refractivity contribution in [2.75, 3.05) is 0 Å². The fraction of sp³-hybridized carbons (Fsp3) is 0.100. The smallest absolute Gasteiger partial charge is 0.276 e. The highest BCUT2D eigenvalue weighted by Crippen LogP contribution is 2.18. The van der Waals surface area contributed by atoms with E-state index in [2.05, 4.69) is 5.48 Å². The normalized spacial score (nSPS) is 14.9. The van der Waals surface area contributed by atoms with Gasteiger partial charge in [0, 0.05) is 11.6 Å². The van der Waals surface area contributed by atoms with Gasteiger partial charge in [0.05, 0.1) is 0 Å². The van der Waals surface area contributed by atoms with Gasteiger partial charge in [0.2, 0.25) is 0 Å². The summed E-state index contributed by atoms with van der Waals surface area (Å²) in [4.78, 5) is 16.0. The fourth-order valence-corrected chi connectivity index (χ4v) is 1.20. The van der Waals surface area contributed by atoms with Gasteiger partial charge in [-0.3, -0.25) is 4.79 Å². The van der Waals surface area contributed by atoms with Crippen LogP contribution in [0, 0.1) is 0 Å². The Morgan fingerprint density at radius 2 is 2.15 bits per heavy atom. The number of fused-ring (bicyclic) bond motifs is 1. The van der Waals surface area contributed by atoms with Crippen molar-refractivity contribution in [3.05, 3.63) is 42.0 Å². The molecule has 1 aromatic rings. The number of rotatable bonds is 0. The maximum atomic E-state index is 10.9. The highest BCUT2D eigenvalue weighted by atomic mass is 16.7.